The second-order valence-corrected chi connectivity index (χ2v) is 3.44. The molecule has 0 saturated heterocycles. The Labute approximate surface area is 66.8 Å². The average molecular weight is 148 g/mol. The van der Waals surface area contributed by atoms with Gasteiger partial charge in [-0.05, 0) is 31.3 Å². The minimum atomic E-state index is 0.377. The molecule has 0 aromatic rings. The number of carbonyl (C=O) groups excluding carboxylic acids is 1. The van der Waals surface area contributed by atoms with Gasteiger partial charge in [-0.1, -0.05) is 17.7 Å². The second kappa shape index (κ2) is 2.33. The van der Waals surface area contributed by atoms with Gasteiger partial charge in [0.1, 0.15) is 0 Å². The first kappa shape index (κ1) is 6.84. The number of ketones is 1. The number of carbonyl (C=O) groups is 1. The van der Waals surface area contributed by atoms with Crippen LogP contribution in [0.15, 0.2) is 23.3 Å². The summed E-state index contributed by atoms with van der Waals surface area (Å²) in [6.45, 7) is 2.06. The van der Waals surface area contributed by atoms with Crippen molar-refractivity contribution in [1.82, 2.24) is 0 Å². The Bertz CT molecular complexity index is 258. The Hall–Kier alpha value is -0.850. The summed E-state index contributed by atoms with van der Waals surface area (Å²) in [6.07, 6.45) is 7.23. The van der Waals surface area contributed by atoms with Crippen molar-refractivity contribution in [2.75, 3.05) is 0 Å². The fourth-order valence-corrected chi connectivity index (χ4v) is 1.91. The number of allylic oxidation sites excluding steroid dienone is 4. The van der Waals surface area contributed by atoms with E-state index < -0.39 is 0 Å². The van der Waals surface area contributed by atoms with Crippen LogP contribution >= 0.6 is 0 Å². The van der Waals surface area contributed by atoms with Gasteiger partial charge in [0.2, 0.25) is 0 Å². The topological polar surface area (TPSA) is 17.1 Å². The standard InChI is InChI=1S/C10H12O/c1-7-2-3-8-4-5-10(11)9(8)6-7/h2,6,8H,3-5H2,1H3. The zero-order valence-corrected chi connectivity index (χ0v) is 6.76. The first-order valence-electron chi connectivity index (χ1n) is 4.19. The minimum absolute atomic E-state index is 0.377. The summed E-state index contributed by atoms with van der Waals surface area (Å²) >= 11 is 0. The van der Waals surface area contributed by atoms with Gasteiger partial charge < -0.3 is 0 Å². The summed E-state index contributed by atoms with van der Waals surface area (Å²) in [4.78, 5) is 11.3. The van der Waals surface area contributed by atoms with Gasteiger partial charge in [0.05, 0.1) is 0 Å². The first-order chi connectivity index (χ1) is 5.27. The van der Waals surface area contributed by atoms with E-state index in [2.05, 4.69) is 19.1 Å². The summed E-state index contributed by atoms with van der Waals surface area (Å²) in [7, 11) is 0. The summed E-state index contributed by atoms with van der Waals surface area (Å²) in [5, 5.41) is 0. The Morgan fingerprint density at radius 2 is 2.36 bits per heavy atom. The molecule has 1 fully saturated rings. The predicted octanol–water partition coefficient (Wildman–Crippen LogP) is 2.24. The van der Waals surface area contributed by atoms with Crippen molar-refractivity contribution in [2.45, 2.75) is 26.2 Å². The molecular formula is C10H12O. The maximum atomic E-state index is 11.3. The number of rotatable bonds is 0. The summed E-state index contributed by atoms with van der Waals surface area (Å²) in [5.74, 6) is 0.939. The lowest BCUT2D eigenvalue weighted by atomic mass is 9.91. The summed E-state index contributed by atoms with van der Waals surface area (Å²) in [6, 6.07) is 0. The van der Waals surface area contributed by atoms with Crippen molar-refractivity contribution >= 4 is 5.78 Å². The monoisotopic (exact) mass is 148 g/mol. The van der Waals surface area contributed by atoms with E-state index in [1.54, 1.807) is 0 Å². The van der Waals surface area contributed by atoms with Crippen LogP contribution in [0, 0.1) is 5.92 Å². The molecule has 2 aliphatic rings. The third kappa shape index (κ3) is 1.05. The molecule has 0 aromatic heterocycles. The van der Waals surface area contributed by atoms with E-state index in [1.165, 1.54) is 5.57 Å². The molecule has 0 radical (unpaired) electrons. The van der Waals surface area contributed by atoms with E-state index in [-0.39, 0.29) is 0 Å². The number of hydrogen-bond acceptors (Lipinski definition) is 1. The van der Waals surface area contributed by atoms with Gasteiger partial charge in [-0.15, -0.1) is 0 Å². The van der Waals surface area contributed by atoms with Crippen LogP contribution < -0.4 is 0 Å². The van der Waals surface area contributed by atoms with E-state index in [9.17, 15) is 4.79 Å². The molecule has 0 amide bonds. The zero-order valence-electron chi connectivity index (χ0n) is 6.76. The summed E-state index contributed by atoms with van der Waals surface area (Å²) in [5.41, 5.74) is 2.34. The van der Waals surface area contributed by atoms with E-state index in [1.807, 2.05) is 0 Å². The van der Waals surface area contributed by atoms with Crippen LogP contribution in [0.2, 0.25) is 0 Å². The molecule has 0 spiro atoms. The van der Waals surface area contributed by atoms with Crippen molar-refractivity contribution in [3.8, 4) is 0 Å². The molecule has 0 aromatic carbocycles. The highest BCUT2D eigenvalue weighted by molar-refractivity contribution is 5.98. The van der Waals surface area contributed by atoms with Crippen LogP contribution in [0.4, 0.5) is 0 Å². The molecule has 1 heteroatoms. The van der Waals surface area contributed by atoms with Crippen LogP contribution in [0.1, 0.15) is 26.2 Å². The lowest BCUT2D eigenvalue weighted by Crippen LogP contribution is -2.04. The van der Waals surface area contributed by atoms with E-state index in [0.29, 0.717) is 11.7 Å². The highest BCUT2D eigenvalue weighted by Crippen LogP contribution is 2.34. The van der Waals surface area contributed by atoms with Crippen molar-refractivity contribution in [2.24, 2.45) is 5.92 Å². The fourth-order valence-electron chi connectivity index (χ4n) is 1.91. The van der Waals surface area contributed by atoms with Crippen LogP contribution in [0.25, 0.3) is 0 Å². The van der Waals surface area contributed by atoms with Crippen LogP contribution in [0.5, 0.6) is 0 Å². The zero-order chi connectivity index (χ0) is 7.84. The molecule has 1 saturated carbocycles. The van der Waals surface area contributed by atoms with Crippen molar-refractivity contribution in [1.29, 1.82) is 0 Å². The first-order valence-corrected chi connectivity index (χ1v) is 4.19. The van der Waals surface area contributed by atoms with Crippen molar-refractivity contribution in [3.63, 3.8) is 0 Å². The molecule has 0 aliphatic heterocycles. The molecule has 2 aliphatic carbocycles. The second-order valence-electron chi connectivity index (χ2n) is 3.44. The normalized spacial score (nSPS) is 29.5. The molecular weight excluding hydrogens is 136 g/mol. The smallest absolute Gasteiger partial charge is 0.159 e. The molecule has 1 unspecified atom stereocenters. The van der Waals surface area contributed by atoms with Gasteiger partial charge in [-0.25, -0.2) is 0 Å². The molecule has 0 N–H and O–H groups in total. The molecule has 2 rings (SSSR count). The molecule has 1 atom stereocenters. The van der Waals surface area contributed by atoms with Gasteiger partial charge in [0.25, 0.3) is 0 Å². The summed E-state index contributed by atoms with van der Waals surface area (Å²) < 4.78 is 0. The van der Waals surface area contributed by atoms with E-state index >= 15 is 0 Å². The average Bonchev–Trinajstić information content (AvgIpc) is 2.33. The van der Waals surface area contributed by atoms with Gasteiger partial charge in [-0.3, -0.25) is 4.79 Å². The van der Waals surface area contributed by atoms with E-state index in [0.717, 1.165) is 24.8 Å². The lowest BCUT2D eigenvalue weighted by molar-refractivity contribution is -0.114. The molecule has 0 bridgehead atoms. The fraction of sp³-hybridized carbons (Fsp3) is 0.500. The third-order valence-corrected chi connectivity index (χ3v) is 2.59. The van der Waals surface area contributed by atoms with E-state index in [4.69, 9.17) is 0 Å². The SMILES string of the molecule is CC1=CCC2CCC(=O)C2=C1. The molecule has 58 valence electrons. The number of Topliss-reactive ketones (excluding diaryl/α,β-unsaturated/α-hetero) is 1. The Morgan fingerprint density at radius 1 is 1.55 bits per heavy atom. The maximum Gasteiger partial charge on any atom is 0.159 e. The largest absolute Gasteiger partial charge is 0.295 e. The predicted molar refractivity (Wildman–Crippen MR) is 44.2 cm³/mol. The van der Waals surface area contributed by atoms with Gasteiger partial charge in [-0.2, -0.15) is 0 Å². The highest BCUT2D eigenvalue weighted by Gasteiger charge is 2.28. The molecule has 11 heavy (non-hydrogen) atoms. The lowest BCUT2D eigenvalue weighted by Gasteiger charge is -2.13. The Morgan fingerprint density at radius 3 is 3.18 bits per heavy atom. The number of fused-ring (bicyclic) bond motifs is 1. The van der Waals surface area contributed by atoms with Crippen LogP contribution in [-0.4, -0.2) is 5.78 Å². The van der Waals surface area contributed by atoms with Crippen LogP contribution in [-0.2, 0) is 4.79 Å². The number of hydrogen-bond donors (Lipinski definition) is 0. The van der Waals surface area contributed by atoms with Crippen LogP contribution in [0.3, 0.4) is 0 Å². The van der Waals surface area contributed by atoms with Crippen molar-refractivity contribution in [3.05, 3.63) is 23.3 Å². The Kier molecular flexibility index (Phi) is 1.45. The van der Waals surface area contributed by atoms with Gasteiger partial charge >= 0.3 is 0 Å². The van der Waals surface area contributed by atoms with Gasteiger partial charge in [0, 0.05) is 6.42 Å². The van der Waals surface area contributed by atoms with Crippen molar-refractivity contribution < 1.29 is 4.79 Å². The maximum absolute atomic E-state index is 11.3. The highest BCUT2D eigenvalue weighted by atomic mass is 16.1. The minimum Gasteiger partial charge on any atom is -0.295 e. The Balaban J connectivity index is 2.34. The third-order valence-electron chi connectivity index (χ3n) is 2.59. The molecule has 1 nitrogen and oxygen atoms in total. The van der Waals surface area contributed by atoms with Gasteiger partial charge in [0.15, 0.2) is 5.78 Å². The molecule has 0 heterocycles. The quantitative estimate of drug-likeness (QED) is 0.515.